The van der Waals surface area contributed by atoms with Gasteiger partial charge in [0.15, 0.2) is 0 Å². The Bertz CT molecular complexity index is 437. The van der Waals surface area contributed by atoms with Crippen molar-refractivity contribution < 1.29 is 5.11 Å². The highest BCUT2D eigenvalue weighted by Gasteiger charge is 2.24. The van der Waals surface area contributed by atoms with Crippen LogP contribution in [0.2, 0.25) is 0 Å². The number of hydrazine groups is 1. The van der Waals surface area contributed by atoms with Gasteiger partial charge in [0.05, 0.1) is 12.1 Å². The number of aromatic nitrogens is 2. The van der Waals surface area contributed by atoms with E-state index in [9.17, 15) is 5.11 Å². The molecule has 106 valence electrons. The third kappa shape index (κ3) is 3.13. The Kier molecular flexibility index (Phi) is 4.55. The van der Waals surface area contributed by atoms with Crippen LogP contribution in [0.1, 0.15) is 44.0 Å². The number of aliphatic hydroxyl groups excluding tert-OH is 1. The van der Waals surface area contributed by atoms with Gasteiger partial charge in [0.25, 0.3) is 0 Å². The molecule has 0 spiro atoms. The van der Waals surface area contributed by atoms with Crippen molar-refractivity contribution in [2.24, 2.45) is 5.84 Å². The number of aryl methyl sites for hydroxylation is 1. The molecule has 1 aliphatic rings. The first-order valence-corrected chi connectivity index (χ1v) is 6.94. The van der Waals surface area contributed by atoms with Crippen LogP contribution in [0.3, 0.4) is 0 Å². The lowest BCUT2D eigenvalue weighted by Gasteiger charge is -2.29. The average Bonchev–Trinajstić information content (AvgIpc) is 2.43. The summed E-state index contributed by atoms with van der Waals surface area (Å²) in [6.45, 7) is 3.93. The highest BCUT2D eigenvalue weighted by molar-refractivity contribution is 5.57. The van der Waals surface area contributed by atoms with Crippen molar-refractivity contribution in [1.29, 1.82) is 0 Å². The van der Waals surface area contributed by atoms with Gasteiger partial charge in [-0.15, -0.1) is 0 Å². The van der Waals surface area contributed by atoms with E-state index in [-0.39, 0.29) is 12.1 Å². The number of rotatable bonds is 4. The monoisotopic (exact) mass is 265 g/mol. The summed E-state index contributed by atoms with van der Waals surface area (Å²) in [4.78, 5) is 8.83. The molecule has 0 amide bonds. The molecule has 5 N–H and O–H groups in total. The molecule has 1 aromatic heterocycles. The molecule has 1 saturated carbocycles. The van der Waals surface area contributed by atoms with E-state index in [1.807, 2.05) is 13.8 Å². The third-order valence-corrected chi connectivity index (χ3v) is 3.70. The van der Waals surface area contributed by atoms with Crippen molar-refractivity contribution in [2.45, 2.75) is 58.1 Å². The predicted octanol–water partition coefficient (Wildman–Crippen LogP) is 1.35. The van der Waals surface area contributed by atoms with E-state index in [1.165, 1.54) is 0 Å². The minimum atomic E-state index is -0.303. The standard InChI is InChI=1S/C13H23N5O/c1-3-11-16-12(8(2)13(17-11)18-14)15-9-6-4-5-7-10(9)19/h9-10,19H,3-7,14H2,1-2H3,(H2,15,16,17,18). The summed E-state index contributed by atoms with van der Waals surface area (Å²) < 4.78 is 0. The van der Waals surface area contributed by atoms with Gasteiger partial charge in [0.1, 0.15) is 17.5 Å². The van der Waals surface area contributed by atoms with Gasteiger partial charge < -0.3 is 15.8 Å². The Balaban J connectivity index is 2.22. The number of nitrogens with two attached hydrogens (primary N) is 1. The van der Waals surface area contributed by atoms with E-state index in [2.05, 4.69) is 20.7 Å². The van der Waals surface area contributed by atoms with E-state index in [1.54, 1.807) is 0 Å². The quantitative estimate of drug-likeness (QED) is 0.485. The second-order valence-electron chi connectivity index (χ2n) is 5.06. The zero-order valence-corrected chi connectivity index (χ0v) is 11.6. The summed E-state index contributed by atoms with van der Waals surface area (Å²) in [5.41, 5.74) is 3.49. The van der Waals surface area contributed by atoms with E-state index in [4.69, 9.17) is 5.84 Å². The second kappa shape index (κ2) is 6.16. The fraction of sp³-hybridized carbons (Fsp3) is 0.692. The normalized spacial score (nSPS) is 23.2. The van der Waals surface area contributed by atoms with Gasteiger partial charge in [0, 0.05) is 12.0 Å². The van der Waals surface area contributed by atoms with Crippen LogP contribution in [0.4, 0.5) is 11.6 Å². The molecule has 6 nitrogen and oxygen atoms in total. The van der Waals surface area contributed by atoms with Crippen LogP contribution in [0.5, 0.6) is 0 Å². The number of nitrogens with one attached hydrogen (secondary N) is 2. The molecular weight excluding hydrogens is 242 g/mol. The summed E-state index contributed by atoms with van der Waals surface area (Å²) in [5, 5.41) is 13.4. The molecule has 0 aromatic carbocycles. The summed E-state index contributed by atoms with van der Waals surface area (Å²) in [7, 11) is 0. The van der Waals surface area contributed by atoms with Gasteiger partial charge in [-0.05, 0) is 19.8 Å². The topological polar surface area (TPSA) is 96.1 Å². The van der Waals surface area contributed by atoms with Crippen molar-refractivity contribution in [1.82, 2.24) is 9.97 Å². The van der Waals surface area contributed by atoms with Gasteiger partial charge >= 0.3 is 0 Å². The number of aliphatic hydroxyl groups is 1. The SMILES string of the molecule is CCc1nc(NN)c(C)c(NC2CCCCC2O)n1. The van der Waals surface area contributed by atoms with E-state index >= 15 is 0 Å². The molecule has 0 saturated heterocycles. The lowest BCUT2D eigenvalue weighted by Crippen LogP contribution is -2.37. The van der Waals surface area contributed by atoms with Crippen molar-refractivity contribution in [3.05, 3.63) is 11.4 Å². The molecule has 1 aliphatic carbocycles. The smallest absolute Gasteiger partial charge is 0.148 e. The minimum absolute atomic E-state index is 0.0673. The third-order valence-electron chi connectivity index (χ3n) is 3.70. The largest absolute Gasteiger partial charge is 0.391 e. The van der Waals surface area contributed by atoms with Crippen molar-refractivity contribution in [2.75, 3.05) is 10.7 Å². The van der Waals surface area contributed by atoms with Gasteiger partial charge in [-0.25, -0.2) is 15.8 Å². The van der Waals surface area contributed by atoms with Gasteiger partial charge in [-0.2, -0.15) is 0 Å². The maximum atomic E-state index is 10.0. The highest BCUT2D eigenvalue weighted by atomic mass is 16.3. The molecule has 19 heavy (non-hydrogen) atoms. The van der Waals surface area contributed by atoms with Gasteiger partial charge in [-0.1, -0.05) is 19.8 Å². The fourth-order valence-corrected chi connectivity index (χ4v) is 2.46. The molecule has 0 bridgehead atoms. The van der Waals surface area contributed by atoms with Crippen LogP contribution >= 0.6 is 0 Å². The number of hydrogen-bond donors (Lipinski definition) is 4. The molecule has 1 heterocycles. The first-order chi connectivity index (χ1) is 9.15. The van der Waals surface area contributed by atoms with E-state index in [0.29, 0.717) is 5.82 Å². The summed E-state index contributed by atoms with van der Waals surface area (Å²) in [6, 6.07) is 0.0673. The second-order valence-corrected chi connectivity index (χ2v) is 5.06. The molecular formula is C13H23N5O. The Labute approximate surface area is 113 Å². The minimum Gasteiger partial charge on any atom is -0.391 e. The molecule has 1 aromatic rings. The summed E-state index contributed by atoms with van der Waals surface area (Å²) >= 11 is 0. The van der Waals surface area contributed by atoms with Gasteiger partial charge in [-0.3, -0.25) is 0 Å². The number of anilines is 2. The van der Waals surface area contributed by atoms with Crippen molar-refractivity contribution in [3.63, 3.8) is 0 Å². The fourth-order valence-electron chi connectivity index (χ4n) is 2.46. The lowest BCUT2D eigenvalue weighted by molar-refractivity contribution is 0.116. The molecule has 1 fully saturated rings. The maximum absolute atomic E-state index is 10.0. The Morgan fingerprint density at radius 3 is 2.58 bits per heavy atom. The molecule has 6 heteroatoms. The van der Waals surface area contributed by atoms with Crippen LogP contribution < -0.4 is 16.6 Å². The molecule has 2 atom stereocenters. The first-order valence-electron chi connectivity index (χ1n) is 6.94. The molecule has 0 aliphatic heterocycles. The van der Waals surface area contributed by atoms with Crippen LogP contribution in [0, 0.1) is 6.92 Å². The number of nitrogens with zero attached hydrogens (tertiary/aromatic N) is 2. The lowest BCUT2D eigenvalue weighted by atomic mass is 9.92. The maximum Gasteiger partial charge on any atom is 0.148 e. The Morgan fingerprint density at radius 1 is 1.26 bits per heavy atom. The number of nitrogen functional groups attached to an aromatic ring is 1. The van der Waals surface area contributed by atoms with Crippen LogP contribution in [0.15, 0.2) is 0 Å². The van der Waals surface area contributed by atoms with E-state index in [0.717, 1.165) is 49.3 Å². The van der Waals surface area contributed by atoms with Gasteiger partial charge in [0.2, 0.25) is 0 Å². The Hall–Kier alpha value is -1.40. The summed E-state index contributed by atoms with van der Waals surface area (Å²) in [5.74, 6) is 7.64. The number of hydrogen-bond acceptors (Lipinski definition) is 6. The zero-order chi connectivity index (χ0) is 13.8. The molecule has 2 unspecified atom stereocenters. The van der Waals surface area contributed by atoms with Crippen molar-refractivity contribution >= 4 is 11.6 Å². The zero-order valence-electron chi connectivity index (χ0n) is 11.6. The van der Waals surface area contributed by atoms with Crippen LogP contribution in [0.25, 0.3) is 0 Å². The van der Waals surface area contributed by atoms with Crippen LogP contribution in [-0.4, -0.2) is 27.2 Å². The molecule has 2 rings (SSSR count). The highest BCUT2D eigenvalue weighted by Crippen LogP contribution is 2.25. The first kappa shape index (κ1) is 14.0. The van der Waals surface area contributed by atoms with Crippen LogP contribution in [-0.2, 0) is 6.42 Å². The predicted molar refractivity (Wildman–Crippen MR) is 75.8 cm³/mol. The Morgan fingerprint density at radius 2 is 1.95 bits per heavy atom. The average molecular weight is 265 g/mol. The molecule has 0 radical (unpaired) electrons. The van der Waals surface area contributed by atoms with E-state index < -0.39 is 0 Å². The summed E-state index contributed by atoms with van der Waals surface area (Å²) in [6.07, 6.45) is 4.50. The van der Waals surface area contributed by atoms with Crippen molar-refractivity contribution in [3.8, 4) is 0 Å².